The van der Waals surface area contributed by atoms with Crippen molar-refractivity contribution in [3.8, 4) is 0 Å². The van der Waals surface area contributed by atoms with Gasteiger partial charge in [-0.15, -0.1) is 0 Å². The third-order valence-electron chi connectivity index (χ3n) is 5.49. The Kier molecular flexibility index (Phi) is 9.41. The molecular weight excluding hydrogens is 328 g/mol. The molecule has 148 valence electrons. The van der Waals surface area contributed by atoms with Crippen molar-refractivity contribution in [3.63, 3.8) is 0 Å². The molecule has 26 heavy (non-hydrogen) atoms. The molecule has 0 amide bonds. The van der Waals surface area contributed by atoms with Crippen molar-refractivity contribution in [2.75, 3.05) is 0 Å². The van der Waals surface area contributed by atoms with Crippen LogP contribution in [0.4, 0.5) is 0 Å². The first-order valence-corrected chi connectivity index (χ1v) is 10.5. The van der Waals surface area contributed by atoms with Crippen molar-refractivity contribution in [1.29, 1.82) is 0 Å². The second kappa shape index (κ2) is 11.6. The van der Waals surface area contributed by atoms with E-state index in [0.29, 0.717) is 24.7 Å². The molecule has 1 aliphatic carbocycles. The first-order valence-electron chi connectivity index (χ1n) is 10.5. The van der Waals surface area contributed by atoms with Crippen LogP contribution in [-0.4, -0.2) is 34.5 Å². The number of allylic oxidation sites excluding steroid dienone is 2. The van der Waals surface area contributed by atoms with Gasteiger partial charge in [0.2, 0.25) is 0 Å². The minimum atomic E-state index is -0.837. The molecule has 0 aromatic heterocycles. The van der Waals surface area contributed by atoms with Gasteiger partial charge < -0.3 is 14.9 Å². The van der Waals surface area contributed by atoms with Crippen molar-refractivity contribution in [1.82, 2.24) is 0 Å². The summed E-state index contributed by atoms with van der Waals surface area (Å²) in [5, 5.41) is 20.1. The molecule has 1 heterocycles. The van der Waals surface area contributed by atoms with Crippen LogP contribution in [0.3, 0.4) is 0 Å². The Balaban J connectivity index is 1.68. The molecule has 1 saturated carbocycles. The molecule has 4 heteroatoms. The van der Waals surface area contributed by atoms with E-state index in [-0.39, 0.29) is 12.1 Å². The van der Waals surface area contributed by atoms with Gasteiger partial charge >= 0.3 is 5.97 Å². The van der Waals surface area contributed by atoms with Crippen molar-refractivity contribution in [2.24, 2.45) is 11.8 Å². The molecule has 1 saturated heterocycles. The molecular formula is C22H36O4. The molecule has 0 aromatic rings. The van der Waals surface area contributed by atoms with E-state index in [2.05, 4.69) is 13.0 Å². The minimum Gasteiger partial charge on any atom is -0.462 e. The number of ether oxygens (including phenoxy) is 1. The van der Waals surface area contributed by atoms with E-state index in [1.807, 2.05) is 12.2 Å². The number of carbonyl (C=O) groups is 1. The van der Waals surface area contributed by atoms with E-state index in [0.717, 1.165) is 38.5 Å². The molecule has 2 aliphatic rings. The number of hydrogen-bond acceptors (Lipinski definition) is 4. The van der Waals surface area contributed by atoms with Gasteiger partial charge in [-0.25, -0.2) is 0 Å². The fraction of sp³-hybridized carbons (Fsp3) is 0.773. The van der Waals surface area contributed by atoms with Crippen LogP contribution >= 0.6 is 0 Å². The topological polar surface area (TPSA) is 66.8 Å². The number of unbranched alkanes of at least 4 members (excludes halogenated alkanes) is 3. The van der Waals surface area contributed by atoms with Crippen LogP contribution in [0.25, 0.3) is 0 Å². The standard InChI is InChI=1S/C22H36O4/c1-2-3-4-5-6-8-11-19(23)20(24)15-14-17-16-18(17)21-12-9-7-10-13-22(25)26-21/h6,8,14-15,17-21,23-24H,2-5,7,9-13,16H2,1H3/b8-6-,15-14+/t17-,18+,19?,20?,21+/m0/s1. The first-order chi connectivity index (χ1) is 12.6. The fourth-order valence-corrected chi connectivity index (χ4v) is 3.65. The molecule has 0 radical (unpaired) electrons. The van der Waals surface area contributed by atoms with E-state index in [1.165, 1.54) is 19.3 Å². The summed E-state index contributed by atoms with van der Waals surface area (Å²) in [5.41, 5.74) is 0. The minimum absolute atomic E-state index is 0.0329. The van der Waals surface area contributed by atoms with Gasteiger partial charge in [0.05, 0.1) is 12.2 Å². The van der Waals surface area contributed by atoms with Crippen LogP contribution in [0.5, 0.6) is 0 Å². The molecule has 1 aliphatic heterocycles. The molecule has 2 fully saturated rings. The molecule has 0 aromatic carbocycles. The van der Waals surface area contributed by atoms with Crippen molar-refractivity contribution >= 4 is 5.97 Å². The molecule has 0 spiro atoms. The van der Waals surface area contributed by atoms with Gasteiger partial charge in [0.1, 0.15) is 6.10 Å². The Bertz CT molecular complexity index is 471. The zero-order valence-electron chi connectivity index (χ0n) is 16.2. The number of carbonyl (C=O) groups excluding carboxylic acids is 1. The summed E-state index contributed by atoms with van der Waals surface area (Å²) in [5.74, 6) is 0.681. The van der Waals surface area contributed by atoms with Crippen molar-refractivity contribution < 1.29 is 19.7 Å². The van der Waals surface area contributed by atoms with E-state index in [1.54, 1.807) is 6.08 Å². The number of aliphatic hydroxyl groups excluding tert-OH is 2. The third-order valence-corrected chi connectivity index (χ3v) is 5.49. The van der Waals surface area contributed by atoms with Crippen molar-refractivity contribution in [2.45, 2.75) is 95.9 Å². The quantitative estimate of drug-likeness (QED) is 0.344. The zero-order chi connectivity index (χ0) is 18.8. The number of esters is 1. The lowest BCUT2D eigenvalue weighted by Crippen LogP contribution is -2.23. The maximum absolute atomic E-state index is 11.7. The normalized spacial score (nSPS) is 29.3. The first kappa shape index (κ1) is 21.2. The van der Waals surface area contributed by atoms with Gasteiger partial charge in [-0.1, -0.05) is 50.5 Å². The molecule has 2 N–H and O–H groups in total. The Morgan fingerprint density at radius 3 is 2.85 bits per heavy atom. The predicted molar refractivity (Wildman–Crippen MR) is 104 cm³/mol. The lowest BCUT2D eigenvalue weighted by molar-refractivity contribution is -0.151. The van der Waals surface area contributed by atoms with Gasteiger partial charge in [-0.3, -0.25) is 4.79 Å². The number of aliphatic hydroxyl groups is 2. The lowest BCUT2D eigenvalue weighted by atomic mass is 10.0. The van der Waals surface area contributed by atoms with Crippen LogP contribution in [0, 0.1) is 11.8 Å². The van der Waals surface area contributed by atoms with Gasteiger partial charge in [0.15, 0.2) is 0 Å². The van der Waals surface area contributed by atoms with E-state index >= 15 is 0 Å². The summed E-state index contributed by atoms with van der Waals surface area (Å²) in [6.07, 6.45) is 17.0. The average molecular weight is 365 g/mol. The van der Waals surface area contributed by atoms with Gasteiger partial charge in [-0.05, 0) is 50.9 Å². The van der Waals surface area contributed by atoms with E-state index < -0.39 is 12.2 Å². The molecule has 0 bridgehead atoms. The summed E-state index contributed by atoms with van der Waals surface area (Å²) >= 11 is 0. The summed E-state index contributed by atoms with van der Waals surface area (Å²) in [6.45, 7) is 2.18. The van der Waals surface area contributed by atoms with E-state index in [9.17, 15) is 15.0 Å². The molecule has 2 unspecified atom stereocenters. The largest absolute Gasteiger partial charge is 0.462 e. The lowest BCUT2D eigenvalue weighted by Gasteiger charge is -2.20. The summed E-state index contributed by atoms with van der Waals surface area (Å²) in [6, 6.07) is 0. The maximum Gasteiger partial charge on any atom is 0.306 e. The van der Waals surface area contributed by atoms with E-state index in [4.69, 9.17) is 4.74 Å². The highest BCUT2D eigenvalue weighted by Gasteiger charge is 2.43. The Hall–Kier alpha value is -1.13. The van der Waals surface area contributed by atoms with Gasteiger partial charge in [-0.2, -0.15) is 0 Å². The van der Waals surface area contributed by atoms with Gasteiger partial charge in [0.25, 0.3) is 0 Å². The number of rotatable bonds is 10. The zero-order valence-corrected chi connectivity index (χ0v) is 16.2. The van der Waals surface area contributed by atoms with Gasteiger partial charge in [0, 0.05) is 12.3 Å². The van der Waals surface area contributed by atoms with Crippen LogP contribution < -0.4 is 0 Å². The van der Waals surface area contributed by atoms with Crippen LogP contribution in [0.2, 0.25) is 0 Å². The summed E-state index contributed by atoms with van der Waals surface area (Å²) < 4.78 is 5.60. The fourth-order valence-electron chi connectivity index (χ4n) is 3.65. The Morgan fingerprint density at radius 1 is 1.19 bits per heavy atom. The van der Waals surface area contributed by atoms with Crippen LogP contribution in [0.15, 0.2) is 24.3 Å². The SMILES string of the molecule is CCCCC/C=C\CC(O)C(O)/C=C/[C@H]1C[C@H]1[C@H]1CCCCCC(=O)O1. The number of hydrogen-bond donors (Lipinski definition) is 2. The second-order valence-electron chi connectivity index (χ2n) is 7.84. The van der Waals surface area contributed by atoms with Crippen LogP contribution in [0.1, 0.15) is 77.6 Å². The smallest absolute Gasteiger partial charge is 0.306 e. The van der Waals surface area contributed by atoms with Crippen molar-refractivity contribution in [3.05, 3.63) is 24.3 Å². The Morgan fingerprint density at radius 2 is 2.04 bits per heavy atom. The maximum atomic E-state index is 11.7. The summed E-state index contributed by atoms with van der Waals surface area (Å²) in [7, 11) is 0. The average Bonchev–Trinajstić information content (AvgIpc) is 3.38. The number of cyclic esters (lactones) is 1. The molecule has 4 nitrogen and oxygen atoms in total. The highest BCUT2D eigenvalue weighted by molar-refractivity contribution is 5.69. The second-order valence-corrected chi connectivity index (χ2v) is 7.84. The monoisotopic (exact) mass is 364 g/mol. The molecule has 2 rings (SSSR count). The highest BCUT2D eigenvalue weighted by Crippen LogP contribution is 2.45. The molecule has 5 atom stereocenters. The predicted octanol–water partition coefficient (Wildman–Crippen LogP) is 4.30. The Labute approximate surface area is 158 Å². The van der Waals surface area contributed by atoms with Crippen LogP contribution in [-0.2, 0) is 9.53 Å². The summed E-state index contributed by atoms with van der Waals surface area (Å²) in [4.78, 5) is 11.7. The highest BCUT2D eigenvalue weighted by atomic mass is 16.5. The third kappa shape index (κ3) is 7.63.